The third-order valence-corrected chi connectivity index (χ3v) is 3.37. The molecule has 5 heteroatoms. The summed E-state index contributed by atoms with van der Waals surface area (Å²) in [5, 5.41) is 6.18. The molecule has 1 aliphatic heterocycles. The molecule has 0 aliphatic carbocycles. The fraction of sp³-hybridized carbons (Fsp3) is 0.533. The van der Waals surface area contributed by atoms with Crippen LogP contribution in [0.4, 0.5) is 11.4 Å². The van der Waals surface area contributed by atoms with Crippen molar-refractivity contribution < 1.29 is 9.53 Å². The molecule has 0 saturated carbocycles. The van der Waals surface area contributed by atoms with Gasteiger partial charge >= 0.3 is 0 Å². The highest BCUT2D eigenvalue weighted by atomic mass is 16.5. The van der Waals surface area contributed by atoms with Crippen molar-refractivity contribution in [3.05, 3.63) is 23.8 Å². The van der Waals surface area contributed by atoms with Gasteiger partial charge in [-0.05, 0) is 37.5 Å². The molecule has 1 heterocycles. The van der Waals surface area contributed by atoms with E-state index in [1.54, 1.807) is 12.1 Å². The highest BCUT2D eigenvalue weighted by Crippen LogP contribution is 2.20. The molecule has 4 N–H and O–H groups in total. The van der Waals surface area contributed by atoms with E-state index in [0.29, 0.717) is 17.8 Å². The summed E-state index contributed by atoms with van der Waals surface area (Å²) in [5.41, 5.74) is 7.77. The van der Waals surface area contributed by atoms with E-state index in [9.17, 15) is 4.79 Å². The Hall–Kier alpha value is -1.75. The summed E-state index contributed by atoms with van der Waals surface area (Å²) in [6.07, 6.45) is 3.32. The molecule has 1 atom stereocenters. The molecule has 110 valence electrons. The van der Waals surface area contributed by atoms with Crippen LogP contribution in [0.25, 0.3) is 0 Å². The van der Waals surface area contributed by atoms with Gasteiger partial charge in [-0.2, -0.15) is 0 Å². The van der Waals surface area contributed by atoms with Gasteiger partial charge in [-0.3, -0.25) is 4.79 Å². The van der Waals surface area contributed by atoms with Gasteiger partial charge in [-0.25, -0.2) is 0 Å². The van der Waals surface area contributed by atoms with Crippen molar-refractivity contribution in [2.24, 2.45) is 0 Å². The van der Waals surface area contributed by atoms with Crippen LogP contribution in [0, 0.1) is 0 Å². The van der Waals surface area contributed by atoms with Crippen LogP contribution in [-0.2, 0) is 4.74 Å². The first-order chi connectivity index (χ1) is 9.70. The molecule has 0 aromatic heterocycles. The minimum atomic E-state index is -0.0889. The summed E-state index contributed by atoms with van der Waals surface area (Å²) >= 11 is 0. The van der Waals surface area contributed by atoms with E-state index < -0.39 is 0 Å². The Morgan fingerprint density at radius 1 is 1.50 bits per heavy atom. The van der Waals surface area contributed by atoms with Crippen molar-refractivity contribution in [2.75, 3.05) is 30.7 Å². The van der Waals surface area contributed by atoms with Crippen molar-refractivity contribution >= 4 is 17.3 Å². The second-order valence-electron chi connectivity index (χ2n) is 5.08. The zero-order valence-corrected chi connectivity index (χ0v) is 11.9. The number of ether oxygens (including phenoxy) is 1. The van der Waals surface area contributed by atoms with E-state index in [2.05, 4.69) is 10.6 Å². The van der Waals surface area contributed by atoms with Gasteiger partial charge in [0.05, 0.1) is 11.7 Å². The van der Waals surface area contributed by atoms with Gasteiger partial charge in [0, 0.05) is 31.1 Å². The lowest BCUT2D eigenvalue weighted by molar-refractivity contribution is 0.0954. The van der Waals surface area contributed by atoms with Crippen LogP contribution in [0.1, 0.15) is 36.5 Å². The summed E-state index contributed by atoms with van der Waals surface area (Å²) in [6, 6.07) is 5.36. The average Bonchev–Trinajstić information content (AvgIpc) is 2.96. The molecule has 1 amide bonds. The minimum absolute atomic E-state index is 0.0889. The molecule has 1 aliphatic rings. The second-order valence-corrected chi connectivity index (χ2v) is 5.08. The number of rotatable bonds is 6. The van der Waals surface area contributed by atoms with E-state index in [-0.39, 0.29) is 12.0 Å². The van der Waals surface area contributed by atoms with Gasteiger partial charge in [-0.15, -0.1) is 0 Å². The molecule has 5 nitrogen and oxygen atoms in total. The Labute approximate surface area is 119 Å². The largest absolute Gasteiger partial charge is 0.399 e. The fourth-order valence-corrected chi connectivity index (χ4v) is 2.27. The fourth-order valence-electron chi connectivity index (χ4n) is 2.27. The van der Waals surface area contributed by atoms with Gasteiger partial charge in [0.25, 0.3) is 5.91 Å². The Balaban J connectivity index is 2.04. The summed E-state index contributed by atoms with van der Waals surface area (Å²) in [6.45, 7) is 4.24. The molecule has 0 unspecified atom stereocenters. The summed E-state index contributed by atoms with van der Waals surface area (Å²) < 4.78 is 5.58. The number of hydrogen-bond acceptors (Lipinski definition) is 4. The van der Waals surface area contributed by atoms with Gasteiger partial charge in [0.1, 0.15) is 0 Å². The van der Waals surface area contributed by atoms with Crippen LogP contribution in [0.2, 0.25) is 0 Å². The molecule has 20 heavy (non-hydrogen) atoms. The molecule has 0 bridgehead atoms. The SMILES string of the molecule is CCCNC(=O)c1cc(N)ccc1NC[C@H]1CCCO1. The molecule has 2 rings (SSSR count). The number of benzene rings is 1. The smallest absolute Gasteiger partial charge is 0.253 e. The maximum absolute atomic E-state index is 12.1. The number of anilines is 2. The quantitative estimate of drug-likeness (QED) is 0.695. The summed E-state index contributed by atoms with van der Waals surface area (Å²) in [4.78, 5) is 12.1. The first kappa shape index (κ1) is 14.7. The third-order valence-electron chi connectivity index (χ3n) is 3.37. The highest BCUT2D eigenvalue weighted by Gasteiger charge is 2.17. The zero-order valence-electron chi connectivity index (χ0n) is 11.9. The first-order valence-electron chi connectivity index (χ1n) is 7.24. The Kier molecular flexibility index (Phi) is 5.24. The maximum atomic E-state index is 12.1. The zero-order chi connectivity index (χ0) is 14.4. The van der Waals surface area contributed by atoms with Crippen LogP contribution in [-0.4, -0.2) is 31.7 Å². The summed E-state index contributed by atoms with van der Waals surface area (Å²) in [5.74, 6) is -0.0889. The van der Waals surface area contributed by atoms with Gasteiger partial charge in [0.2, 0.25) is 0 Å². The number of hydrogen-bond donors (Lipinski definition) is 3. The lowest BCUT2D eigenvalue weighted by Crippen LogP contribution is -2.26. The van der Waals surface area contributed by atoms with Crippen LogP contribution in [0.3, 0.4) is 0 Å². The van der Waals surface area contributed by atoms with Gasteiger partial charge in [0.15, 0.2) is 0 Å². The lowest BCUT2D eigenvalue weighted by atomic mass is 10.1. The van der Waals surface area contributed by atoms with E-state index in [1.807, 2.05) is 13.0 Å². The van der Waals surface area contributed by atoms with Crippen molar-refractivity contribution in [1.29, 1.82) is 0 Å². The number of nitrogens with one attached hydrogen (secondary N) is 2. The van der Waals surface area contributed by atoms with Crippen molar-refractivity contribution in [3.63, 3.8) is 0 Å². The lowest BCUT2D eigenvalue weighted by Gasteiger charge is -2.15. The predicted octanol–water partition coefficient (Wildman–Crippen LogP) is 2.00. The van der Waals surface area contributed by atoms with Gasteiger partial charge < -0.3 is 21.1 Å². The Morgan fingerprint density at radius 2 is 2.35 bits per heavy atom. The number of nitrogen functional groups attached to an aromatic ring is 1. The van der Waals surface area contributed by atoms with E-state index in [4.69, 9.17) is 10.5 Å². The molecule has 0 radical (unpaired) electrons. The monoisotopic (exact) mass is 277 g/mol. The molecule has 1 fully saturated rings. The first-order valence-corrected chi connectivity index (χ1v) is 7.24. The number of carbonyl (C=O) groups excluding carboxylic acids is 1. The number of amides is 1. The van der Waals surface area contributed by atoms with Crippen LogP contribution >= 0.6 is 0 Å². The van der Waals surface area contributed by atoms with E-state index >= 15 is 0 Å². The molecular formula is C15H23N3O2. The van der Waals surface area contributed by atoms with Crippen LogP contribution in [0.15, 0.2) is 18.2 Å². The second kappa shape index (κ2) is 7.14. The predicted molar refractivity (Wildman–Crippen MR) is 80.9 cm³/mol. The Bertz CT molecular complexity index is 456. The Morgan fingerprint density at radius 3 is 3.05 bits per heavy atom. The normalized spacial score (nSPS) is 17.9. The van der Waals surface area contributed by atoms with Crippen LogP contribution in [0.5, 0.6) is 0 Å². The molecule has 0 spiro atoms. The standard InChI is InChI=1S/C15H23N3O2/c1-2-7-17-15(19)13-9-11(16)5-6-14(13)18-10-12-4-3-8-20-12/h5-6,9,12,18H,2-4,7-8,10,16H2,1H3,(H,17,19)/t12-/m1/s1. The molecule has 1 saturated heterocycles. The van der Waals surface area contributed by atoms with E-state index in [0.717, 1.165) is 38.1 Å². The average molecular weight is 277 g/mol. The van der Waals surface area contributed by atoms with E-state index in [1.165, 1.54) is 0 Å². The third kappa shape index (κ3) is 3.87. The highest BCUT2D eigenvalue weighted by molar-refractivity contribution is 6.00. The number of carbonyl (C=O) groups is 1. The summed E-state index contributed by atoms with van der Waals surface area (Å²) in [7, 11) is 0. The number of nitrogens with two attached hydrogens (primary N) is 1. The van der Waals surface area contributed by atoms with Gasteiger partial charge in [-0.1, -0.05) is 6.92 Å². The molecule has 1 aromatic carbocycles. The topological polar surface area (TPSA) is 76.4 Å². The molecule has 1 aromatic rings. The van der Waals surface area contributed by atoms with Crippen molar-refractivity contribution in [1.82, 2.24) is 5.32 Å². The minimum Gasteiger partial charge on any atom is -0.399 e. The molecular weight excluding hydrogens is 254 g/mol. The van der Waals surface area contributed by atoms with Crippen LogP contribution < -0.4 is 16.4 Å². The van der Waals surface area contributed by atoms with Crippen molar-refractivity contribution in [3.8, 4) is 0 Å². The maximum Gasteiger partial charge on any atom is 0.253 e. The van der Waals surface area contributed by atoms with Crippen molar-refractivity contribution in [2.45, 2.75) is 32.3 Å².